The number of cyclic esters (lactones) is 1. The highest BCUT2D eigenvalue weighted by Crippen LogP contribution is 2.29. The van der Waals surface area contributed by atoms with Gasteiger partial charge in [-0.25, -0.2) is 4.79 Å². The Morgan fingerprint density at radius 1 is 1.04 bits per heavy atom. The number of hydrogen-bond donors (Lipinski definition) is 4. The third kappa shape index (κ3) is 4.68. The van der Waals surface area contributed by atoms with Crippen molar-refractivity contribution in [3.05, 3.63) is 41.5 Å². The first-order valence-corrected chi connectivity index (χ1v) is 7.79. The molecule has 2 rings (SSSR count). The lowest BCUT2D eigenvalue weighted by molar-refractivity contribution is -0.127. The van der Waals surface area contributed by atoms with E-state index < -0.39 is 35.8 Å². The van der Waals surface area contributed by atoms with Gasteiger partial charge in [-0.2, -0.15) is 0 Å². The number of carbonyl (C=O) groups excluding carboxylic acids is 2. The first-order chi connectivity index (χ1) is 11.8. The molecule has 4 N–H and O–H groups in total. The smallest absolute Gasteiger partial charge is 0.342 e. The van der Waals surface area contributed by atoms with Crippen LogP contribution in [0.15, 0.2) is 30.4 Å². The number of rotatable bonds is 0. The van der Waals surface area contributed by atoms with Crippen molar-refractivity contribution in [3.63, 3.8) is 0 Å². The Morgan fingerprint density at radius 3 is 2.44 bits per heavy atom. The molecule has 7 nitrogen and oxygen atoms in total. The largest absolute Gasteiger partial charge is 0.508 e. The van der Waals surface area contributed by atoms with Gasteiger partial charge in [0.2, 0.25) is 0 Å². The van der Waals surface area contributed by atoms with Crippen LogP contribution in [0.4, 0.5) is 0 Å². The van der Waals surface area contributed by atoms with E-state index in [2.05, 4.69) is 0 Å². The molecule has 0 unspecified atom stereocenters. The summed E-state index contributed by atoms with van der Waals surface area (Å²) >= 11 is 0. The fraction of sp³-hybridized carbons (Fsp3) is 0.333. The summed E-state index contributed by atoms with van der Waals surface area (Å²) in [5.74, 6) is -2.11. The third-order valence-electron chi connectivity index (χ3n) is 3.73. The van der Waals surface area contributed by atoms with E-state index in [1.54, 1.807) is 6.92 Å². The van der Waals surface area contributed by atoms with E-state index in [4.69, 9.17) is 4.74 Å². The summed E-state index contributed by atoms with van der Waals surface area (Å²) in [5, 5.41) is 39.3. The maximum atomic E-state index is 12.3. The van der Waals surface area contributed by atoms with Gasteiger partial charge in [0.25, 0.3) is 0 Å². The highest BCUT2D eigenvalue weighted by atomic mass is 16.5. The zero-order chi connectivity index (χ0) is 18.6. The van der Waals surface area contributed by atoms with Gasteiger partial charge in [0.05, 0.1) is 6.10 Å². The van der Waals surface area contributed by atoms with E-state index >= 15 is 0 Å². The van der Waals surface area contributed by atoms with E-state index in [0.717, 1.165) is 12.1 Å². The first-order valence-electron chi connectivity index (χ1n) is 7.79. The molecule has 0 aromatic heterocycles. The molecule has 0 bridgehead atoms. The summed E-state index contributed by atoms with van der Waals surface area (Å²) in [6, 6.07) is 2.29. The highest BCUT2D eigenvalue weighted by molar-refractivity contribution is 5.97. The van der Waals surface area contributed by atoms with E-state index in [1.165, 1.54) is 24.3 Å². The van der Waals surface area contributed by atoms with Gasteiger partial charge in [0.1, 0.15) is 29.3 Å². The Labute approximate surface area is 144 Å². The molecule has 25 heavy (non-hydrogen) atoms. The molecule has 0 radical (unpaired) electrons. The number of aliphatic hydroxyl groups is 2. The maximum Gasteiger partial charge on any atom is 0.342 e. The van der Waals surface area contributed by atoms with Crippen LogP contribution < -0.4 is 0 Å². The van der Waals surface area contributed by atoms with Gasteiger partial charge in [0, 0.05) is 12.5 Å². The number of carbonyl (C=O) groups is 2. The van der Waals surface area contributed by atoms with E-state index in [0.29, 0.717) is 0 Å². The van der Waals surface area contributed by atoms with Crippen LogP contribution in [0.25, 0.3) is 6.08 Å². The zero-order valence-corrected chi connectivity index (χ0v) is 13.6. The molecule has 134 valence electrons. The molecule has 0 spiro atoms. The number of benzene rings is 1. The van der Waals surface area contributed by atoms with Crippen molar-refractivity contribution >= 4 is 17.8 Å². The molecule has 1 aliphatic rings. The molecule has 1 aromatic rings. The van der Waals surface area contributed by atoms with Crippen LogP contribution in [-0.4, -0.2) is 50.5 Å². The summed E-state index contributed by atoms with van der Waals surface area (Å²) in [6.45, 7) is 1.61. The standard InChI is InChI=1S/C18H20O7/c1-10-4-2-6-13(20)17(23)14(21)7-3-5-11-8-12(19)9-15(22)16(11)18(24)25-10/h2-3,5-6,8-10,14,17,19,21-23H,4,7H2,1H3/b5-3+,6-2-/t10-,14-,17+/m0/s1. The maximum absolute atomic E-state index is 12.3. The van der Waals surface area contributed by atoms with Crippen LogP contribution >= 0.6 is 0 Å². The van der Waals surface area contributed by atoms with Crippen molar-refractivity contribution in [2.45, 2.75) is 38.1 Å². The van der Waals surface area contributed by atoms with Crippen LogP contribution in [0.1, 0.15) is 35.7 Å². The molecule has 0 aliphatic carbocycles. The molecule has 1 heterocycles. The normalized spacial score (nSPS) is 27.7. The Morgan fingerprint density at radius 2 is 1.72 bits per heavy atom. The minimum absolute atomic E-state index is 0.0674. The minimum atomic E-state index is -1.57. The zero-order valence-electron chi connectivity index (χ0n) is 13.6. The number of aliphatic hydroxyl groups excluding tert-OH is 2. The minimum Gasteiger partial charge on any atom is -0.508 e. The molecule has 1 aromatic carbocycles. The topological polar surface area (TPSA) is 124 Å². The molecule has 3 atom stereocenters. The molecule has 0 fully saturated rings. The van der Waals surface area contributed by atoms with Gasteiger partial charge in [-0.05, 0) is 31.1 Å². The van der Waals surface area contributed by atoms with Crippen molar-refractivity contribution in [2.24, 2.45) is 0 Å². The van der Waals surface area contributed by atoms with Crippen LogP contribution in [0.5, 0.6) is 11.5 Å². The van der Waals surface area contributed by atoms with E-state index in [1.807, 2.05) is 0 Å². The molecule has 7 heteroatoms. The quantitative estimate of drug-likeness (QED) is 0.521. The number of phenols is 2. The number of fused-ring (bicyclic) bond motifs is 1. The van der Waals surface area contributed by atoms with Crippen LogP contribution in [0, 0.1) is 0 Å². The van der Waals surface area contributed by atoms with E-state index in [-0.39, 0.29) is 29.7 Å². The third-order valence-corrected chi connectivity index (χ3v) is 3.73. The second-order valence-electron chi connectivity index (χ2n) is 5.84. The Bertz CT molecular complexity index is 720. The number of ether oxygens (including phenoxy) is 1. The predicted octanol–water partition coefficient (Wildman–Crippen LogP) is 1.30. The molecule has 0 amide bonds. The van der Waals surface area contributed by atoms with Crippen LogP contribution in [0.3, 0.4) is 0 Å². The van der Waals surface area contributed by atoms with Crippen molar-refractivity contribution in [1.82, 2.24) is 0 Å². The van der Waals surface area contributed by atoms with Gasteiger partial charge in [-0.15, -0.1) is 0 Å². The Balaban J connectivity index is 2.43. The Kier molecular flexibility index (Phi) is 5.95. The lowest BCUT2D eigenvalue weighted by atomic mass is 10.0. The average molecular weight is 348 g/mol. The highest BCUT2D eigenvalue weighted by Gasteiger charge is 2.23. The molecular formula is C18H20O7. The fourth-order valence-corrected chi connectivity index (χ4v) is 2.40. The number of aromatic hydroxyl groups is 2. The fourth-order valence-electron chi connectivity index (χ4n) is 2.40. The van der Waals surface area contributed by atoms with Crippen molar-refractivity contribution in [2.75, 3.05) is 0 Å². The number of ketones is 1. The van der Waals surface area contributed by atoms with Crippen molar-refractivity contribution in [3.8, 4) is 11.5 Å². The van der Waals surface area contributed by atoms with E-state index in [9.17, 15) is 30.0 Å². The van der Waals surface area contributed by atoms with Crippen molar-refractivity contribution < 1.29 is 34.8 Å². The number of hydrogen-bond acceptors (Lipinski definition) is 7. The van der Waals surface area contributed by atoms with Gasteiger partial charge >= 0.3 is 5.97 Å². The van der Waals surface area contributed by atoms with Gasteiger partial charge in [-0.3, -0.25) is 4.79 Å². The second kappa shape index (κ2) is 7.96. The van der Waals surface area contributed by atoms with Gasteiger partial charge < -0.3 is 25.2 Å². The SMILES string of the molecule is C[C@H]1C/C=C\C(=O)[C@@H](O)[C@@H](O)C/C=C/c2cc(O)cc(O)c2C(=O)O1. The lowest BCUT2D eigenvalue weighted by Gasteiger charge is -2.16. The lowest BCUT2D eigenvalue weighted by Crippen LogP contribution is -2.32. The summed E-state index contributed by atoms with van der Waals surface area (Å²) in [4.78, 5) is 24.1. The van der Waals surface area contributed by atoms with Gasteiger partial charge in [0.15, 0.2) is 5.78 Å². The number of esters is 1. The molecule has 1 aliphatic heterocycles. The second-order valence-corrected chi connectivity index (χ2v) is 5.84. The molecule has 0 saturated heterocycles. The monoisotopic (exact) mass is 348 g/mol. The van der Waals surface area contributed by atoms with Crippen LogP contribution in [-0.2, 0) is 9.53 Å². The number of phenolic OH excluding ortho intramolecular Hbond substituents is 2. The molecule has 0 saturated carbocycles. The first kappa shape index (κ1) is 18.7. The summed E-state index contributed by atoms with van der Waals surface area (Å²) < 4.78 is 5.24. The van der Waals surface area contributed by atoms with Gasteiger partial charge in [-0.1, -0.05) is 18.2 Å². The summed E-state index contributed by atoms with van der Waals surface area (Å²) in [6.07, 6.45) is 2.05. The van der Waals surface area contributed by atoms with Crippen LogP contribution in [0.2, 0.25) is 0 Å². The Hall–Kier alpha value is -2.64. The summed E-state index contributed by atoms with van der Waals surface area (Å²) in [7, 11) is 0. The molecular weight excluding hydrogens is 328 g/mol. The predicted molar refractivity (Wildman–Crippen MR) is 89.1 cm³/mol. The average Bonchev–Trinajstić information content (AvgIpc) is 2.52. The van der Waals surface area contributed by atoms with Crippen molar-refractivity contribution in [1.29, 1.82) is 0 Å². The summed E-state index contributed by atoms with van der Waals surface area (Å²) in [5.41, 5.74) is 0.0726.